The Morgan fingerprint density at radius 3 is 1.46 bits per heavy atom. The van der Waals surface area contributed by atoms with Gasteiger partial charge in [-0.25, -0.2) is 9.97 Å². The van der Waals surface area contributed by atoms with E-state index >= 15 is 0 Å². The molecule has 6 rings (SSSR count). The second-order valence-electron chi connectivity index (χ2n) is 18.4. The highest BCUT2D eigenvalue weighted by atomic mass is 16.7. The van der Waals surface area contributed by atoms with Crippen molar-refractivity contribution in [3.05, 3.63) is 120 Å². The molecule has 2 aliphatic heterocycles. The van der Waals surface area contributed by atoms with Gasteiger partial charge in [0.05, 0.1) is 30.7 Å². The maximum atomic E-state index is 13.9. The Morgan fingerprint density at radius 1 is 0.597 bits per heavy atom. The van der Waals surface area contributed by atoms with Crippen LogP contribution in [0.1, 0.15) is 98.3 Å². The highest BCUT2D eigenvalue weighted by Crippen LogP contribution is 2.23. The van der Waals surface area contributed by atoms with Gasteiger partial charge in [-0.15, -0.1) is 0 Å². The zero-order chi connectivity index (χ0) is 51.6. The lowest BCUT2D eigenvalue weighted by Gasteiger charge is -2.25. The van der Waals surface area contributed by atoms with E-state index in [9.17, 15) is 38.4 Å². The molecule has 72 heavy (non-hydrogen) atoms. The number of nitrogens with zero attached hydrogens (tertiary/aromatic N) is 4. The molecule has 21 nitrogen and oxygen atoms in total. The van der Waals surface area contributed by atoms with E-state index in [4.69, 9.17) is 18.6 Å². The number of amides is 5. The van der Waals surface area contributed by atoms with Crippen LogP contribution in [-0.2, 0) is 60.2 Å². The van der Waals surface area contributed by atoms with Gasteiger partial charge in [-0.2, -0.15) is 0 Å². The second kappa shape index (κ2) is 26.7. The molecule has 0 radical (unpaired) electrons. The summed E-state index contributed by atoms with van der Waals surface area (Å²) < 4.78 is 22.9. The van der Waals surface area contributed by atoms with E-state index in [2.05, 4.69) is 46.5 Å². The average Bonchev–Trinajstić information content (AvgIpc) is 3.92. The van der Waals surface area contributed by atoms with Crippen LogP contribution in [0.4, 0.5) is 0 Å². The number of aromatic nitrogens is 4. The van der Waals surface area contributed by atoms with E-state index in [-0.39, 0.29) is 67.7 Å². The maximum absolute atomic E-state index is 13.9. The van der Waals surface area contributed by atoms with Crippen LogP contribution in [0.3, 0.4) is 0 Å². The lowest BCUT2D eigenvalue weighted by atomic mass is 9.74. The number of benzene rings is 2. The number of Topliss-reactive ketones (excluding diaryl/α,β-unsaturated/α-hetero) is 1. The minimum absolute atomic E-state index is 0.00804. The summed E-state index contributed by atoms with van der Waals surface area (Å²) in [6.45, 7) is 7.72. The molecule has 0 aliphatic carbocycles. The predicted molar refractivity (Wildman–Crippen MR) is 260 cm³/mol. The van der Waals surface area contributed by atoms with Crippen LogP contribution in [-0.4, -0.2) is 124 Å². The molecule has 0 bridgehead atoms. The third kappa shape index (κ3) is 16.6. The summed E-state index contributed by atoms with van der Waals surface area (Å²) in [5, 5.41) is 13.9. The van der Waals surface area contributed by atoms with Crippen molar-refractivity contribution in [3.63, 3.8) is 0 Å². The van der Waals surface area contributed by atoms with Crippen LogP contribution in [0.2, 0.25) is 0 Å². The highest BCUT2D eigenvalue weighted by molar-refractivity contribution is 6.52. The van der Waals surface area contributed by atoms with Crippen molar-refractivity contribution in [2.45, 2.75) is 115 Å². The van der Waals surface area contributed by atoms with Gasteiger partial charge in [-0.1, -0.05) is 88.4 Å². The lowest BCUT2D eigenvalue weighted by molar-refractivity contribution is -0.139. The third-order valence-electron chi connectivity index (χ3n) is 11.5. The predicted octanol–water partition coefficient (Wildman–Crippen LogP) is 1.90. The van der Waals surface area contributed by atoms with Gasteiger partial charge in [-0.3, -0.25) is 48.3 Å². The Balaban J connectivity index is 0.963. The summed E-state index contributed by atoms with van der Waals surface area (Å²) >= 11 is 0. The number of ketones is 1. The van der Waals surface area contributed by atoms with Crippen LogP contribution < -0.4 is 26.6 Å². The van der Waals surface area contributed by atoms with Crippen molar-refractivity contribution in [1.29, 1.82) is 0 Å². The van der Waals surface area contributed by atoms with Crippen molar-refractivity contribution in [1.82, 2.24) is 46.5 Å². The Bertz CT molecular complexity index is 2310. The molecule has 2 saturated heterocycles. The fourth-order valence-electron chi connectivity index (χ4n) is 8.02. The first-order valence-electron chi connectivity index (χ1n) is 23.9. The molecule has 0 unspecified atom stereocenters. The first kappa shape index (κ1) is 54.0. The summed E-state index contributed by atoms with van der Waals surface area (Å²) in [5.74, 6) is -6.41. The number of carbonyl (C=O) groups excluding carboxylic acids is 8. The zero-order valence-electron chi connectivity index (χ0n) is 40.6. The standard InChI is InChI=1S/C49H59B2N9O12/c1-30(2)22-41(59-44(63)35(24-32-12-7-5-8-13-32)57-46(65)37-28-52-18-20-54-37)50-69-39(48(67)71-50)26-34(61)16-11-17-56-43(62)27-40-49(68)72-51(70-40)42(23-31(3)4)60-45(64)36(25-33-14-9-6-10-15-33)58-47(66)38-29-53-19-21-55-38/h5-10,12-15,18-21,28-31,35-36,39-42H,11,16-17,22-27H2,1-4H3,(H,56,62)(H,57,65)(H,58,66)(H,59,63)(H,60,64)/t35-,36-,39+,40+,41-,42-/m0/s1. The van der Waals surface area contributed by atoms with E-state index in [0.717, 1.165) is 11.1 Å². The SMILES string of the molecule is CC(C)C[C@H](NC(=O)[C@H](Cc1ccccc1)NC(=O)c1cnccn1)B1OC(=O)[C@@H](CC(=O)CCCNC(=O)C[C@H]2OB([C@H](CC(C)C)NC(=O)[C@H](Cc3ccccc3)NC(=O)c3cnccn3)OC2=O)O1. The van der Waals surface area contributed by atoms with E-state index in [1.54, 1.807) is 0 Å². The first-order valence-corrected chi connectivity index (χ1v) is 23.9. The first-order chi connectivity index (χ1) is 34.6. The molecule has 23 heteroatoms. The number of carbonyl (C=O) groups is 8. The molecular weight excluding hydrogens is 928 g/mol. The van der Waals surface area contributed by atoms with Gasteiger partial charge in [0.1, 0.15) is 41.5 Å². The van der Waals surface area contributed by atoms with Crippen LogP contribution >= 0.6 is 0 Å². The molecule has 5 N–H and O–H groups in total. The number of hydrogen-bond donors (Lipinski definition) is 5. The Morgan fingerprint density at radius 2 is 1.04 bits per heavy atom. The zero-order valence-corrected chi connectivity index (χ0v) is 40.6. The summed E-state index contributed by atoms with van der Waals surface area (Å²) in [4.78, 5) is 122. The molecule has 4 aromatic rings. The van der Waals surface area contributed by atoms with Gasteiger partial charge in [0.15, 0.2) is 0 Å². The van der Waals surface area contributed by atoms with Crippen molar-refractivity contribution in [2.75, 3.05) is 6.54 Å². The van der Waals surface area contributed by atoms with Crippen molar-refractivity contribution in [3.8, 4) is 0 Å². The van der Waals surface area contributed by atoms with Crippen molar-refractivity contribution in [2.24, 2.45) is 11.8 Å². The third-order valence-corrected chi connectivity index (χ3v) is 11.5. The monoisotopic (exact) mass is 987 g/mol. The lowest BCUT2D eigenvalue weighted by Crippen LogP contribution is -2.55. The van der Waals surface area contributed by atoms with Crippen molar-refractivity contribution >= 4 is 61.5 Å². The van der Waals surface area contributed by atoms with Gasteiger partial charge >= 0.3 is 26.2 Å². The molecule has 0 spiro atoms. The molecule has 6 atom stereocenters. The fourth-order valence-corrected chi connectivity index (χ4v) is 8.02. The van der Waals surface area contributed by atoms with Gasteiger partial charge < -0.3 is 45.2 Å². The van der Waals surface area contributed by atoms with Crippen LogP contribution in [0.5, 0.6) is 0 Å². The van der Waals surface area contributed by atoms with Gasteiger partial charge in [-0.05, 0) is 42.2 Å². The van der Waals surface area contributed by atoms with E-state index in [0.29, 0.717) is 12.8 Å². The van der Waals surface area contributed by atoms with Crippen LogP contribution in [0.25, 0.3) is 0 Å². The molecule has 2 aliphatic rings. The normalized spacial score (nSPS) is 17.0. The smallest absolute Gasteiger partial charge is 0.506 e. The van der Waals surface area contributed by atoms with Gasteiger partial charge in [0.2, 0.25) is 17.7 Å². The Kier molecular flexibility index (Phi) is 20.0. The molecule has 2 aromatic heterocycles. The number of hydrogen-bond acceptors (Lipinski definition) is 16. The second-order valence-corrected chi connectivity index (χ2v) is 18.4. The molecule has 2 aromatic carbocycles. The minimum Gasteiger partial charge on any atom is -0.506 e. The van der Waals surface area contributed by atoms with E-state index in [1.165, 1.54) is 37.2 Å². The summed E-state index contributed by atoms with van der Waals surface area (Å²) in [6, 6.07) is 16.1. The largest absolute Gasteiger partial charge is 0.552 e. The molecule has 4 heterocycles. The molecule has 2 fully saturated rings. The molecule has 0 saturated carbocycles. The molecule has 5 amide bonds. The van der Waals surface area contributed by atoms with E-state index in [1.807, 2.05) is 88.4 Å². The highest BCUT2D eigenvalue weighted by Gasteiger charge is 2.48. The average molecular weight is 988 g/mol. The summed E-state index contributed by atoms with van der Waals surface area (Å²) in [5.41, 5.74) is 1.61. The fraction of sp³-hybridized carbons (Fsp3) is 0.429. The minimum atomic E-state index is -1.28. The van der Waals surface area contributed by atoms with Crippen LogP contribution in [0, 0.1) is 11.8 Å². The Hall–Kier alpha value is -7.39. The molecular formula is C49H59B2N9O12. The van der Waals surface area contributed by atoms with E-state index < -0.39 is 98.3 Å². The molecule has 378 valence electrons. The topological polar surface area (TPSA) is 285 Å². The Labute approximate surface area is 417 Å². The van der Waals surface area contributed by atoms with Crippen LogP contribution in [0.15, 0.2) is 97.8 Å². The summed E-state index contributed by atoms with van der Waals surface area (Å²) in [6.07, 6.45) is 6.04. The number of nitrogens with one attached hydrogen (secondary N) is 5. The quantitative estimate of drug-likeness (QED) is 0.0444. The van der Waals surface area contributed by atoms with Gasteiger partial charge in [0, 0.05) is 57.0 Å². The maximum Gasteiger partial charge on any atom is 0.552 e. The summed E-state index contributed by atoms with van der Waals surface area (Å²) in [7, 11) is -2.44. The van der Waals surface area contributed by atoms with Crippen molar-refractivity contribution < 1.29 is 57.0 Å². The van der Waals surface area contributed by atoms with Gasteiger partial charge in [0.25, 0.3) is 11.8 Å². The number of rotatable bonds is 26.